The van der Waals surface area contributed by atoms with Crippen LogP contribution >= 0.6 is 11.8 Å². The number of rotatable bonds is 5. The Labute approximate surface area is 141 Å². The predicted molar refractivity (Wildman–Crippen MR) is 99.2 cm³/mol. The van der Waals surface area contributed by atoms with Crippen LogP contribution < -0.4 is 11.4 Å². The standard InChI is InChI=1S/C18H24N2O2S/c1-11(2)5-6-20-18(19)23-10-14-9-17(21)22-16-8-13(4)12(3)7-15(14)16/h7-9,11H,5-6,10H2,1-4H3,(H2,19,20). The van der Waals surface area contributed by atoms with Crippen LogP contribution in [-0.2, 0) is 5.75 Å². The summed E-state index contributed by atoms with van der Waals surface area (Å²) < 4.78 is 5.31. The molecular formula is C18H24N2O2S. The van der Waals surface area contributed by atoms with Crippen LogP contribution in [0.2, 0.25) is 0 Å². The maximum atomic E-state index is 11.8. The van der Waals surface area contributed by atoms with Gasteiger partial charge in [-0.05, 0) is 55.0 Å². The van der Waals surface area contributed by atoms with E-state index in [1.165, 1.54) is 17.3 Å². The van der Waals surface area contributed by atoms with E-state index in [0.29, 0.717) is 22.4 Å². The Morgan fingerprint density at radius 3 is 2.65 bits per heavy atom. The minimum absolute atomic E-state index is 0.327. The topological polar surface area (TPSA) is 68.6 Å². The number of aryl methyl sites for hydroxylation is 2. The van der Waals surface area contributed by atoms with Crippen LogP contribution in [0.4, 0.5) is 0 Å². The zero-order valence-corrected chi connectivity index (χ0v) is 15.0. The van der Waals surface area contributed by atoms with E-state index < -0.39 is 0 Å². The number of thioether (sulfide) groups is 1. The molecule has 2 rings (SSSR count). The zero-order chi connectivity index (χ0) is 17.0. The molecule has 0 saturated carbocycles. The Hall–Kier alpha value is -1.75. The van der Waals surface area contributed by atoms with Gasteiger partial charge in [0.15, 0.2) is 5.17 Å². The smallest absolute Gasteiger partial charge is 0.336 e. The Morgan fingerprint density at radius 1 is 1.26 bits per heavy atom. The van der Waals surface area contributed by atoms with Crippen molar-refractivity contribution in [3.8, 4) is 0 Å². The van der Waals surface area contributed by atoms with Crippen LogP contribution in [0.5, 0.6) is 0 Å². The van der Waals surface area contributed by atoms with Crippen molar-refractivity contribution < 1.29 is 4.42 Å². The fourth-order valence-corrected chi connectivity index (χ4v) is 2.96. The van der Waals surface area contributed by atoms with Gasteiger partial charge in [-0.25, -0.2) is 4.79 Å². The van der Waals surface area contributed by atoms with Crippen LogP contribution in [0.25, 0.3) is 11.0 Å². The lowest BCUT2D eigenvalue weighted by Crippen LogP contribution is -2.09. The molecule has 23 heavy (non-hydrogen) atoms. The van der Waals surface area contributed by atoms with E-state index >= 15 is 0 Å². The number of hydrogen-bond acceptors (Lipinski definition) is 4. The summed E-state index contributed by atoms with van der Waals surface area (Å²) in [6.07, 6.45) is 1.03. The molecule has 0 amide bonds. The summed E-state index contributed by atoms with van der Waals surface area (Å²) >= 11 is 1.46. The summed E-state index contributed by atoms with van der Waals surface area (Å²) in [6.45, 7) is 9.14. The average molecular weight is 332 g/mol. The molecule has 0 unspecified atom stereocenters. The van der Waals surface area contributed by atoms with E-state index in [2.05, 4.69) is 31.8 Å². The van der Waals surface area contributed by atoms with Gasteiger partial charge in [-0.3, -0.25) is 4.99 Å². The van der Waals surface area contributed by atoms with Gasteiger partial charge in [0.1, 0.15) is 5.58 Å². The minimum Gasteiger partial charge on any atom is -0.423 e. The van der Waals surface area contributed by atoms with Crippen molar-refractivity contribution in [2.24, 2.45) is 16.6 Å². The number of fused-ring (bicyclic) bond motifs is 1. The highest BCUT2D eigenvalue weighted by Gasteiger charge is 2.08. The summed E-state index contributed by atoms with van der Waals surface area (Å²) in [7, 11) is 0. The Balaban J connectivity index is 2.20. The molecule has 4 nitrogen and oxygen atoms in total. The molecular weight excluding hydrogens is 308 g/mol. The Morgan fingerprint density at radius 2 is 1.96 bits per heavy atom. The quantitative estimate of drug-likeness (QED) is 0.510. The van der Waals surface area contributed by atoms with Gasteiger partial charge in [0.25, 0.3) is 0 Å². The van der Waals surface area contributed by atoms with E-state index in [9.17, 15) is 4.79 Å². The first-order valence-electron chi connectivity index (χ1n) is 7.83. The first-order chi connectivity index (χ1) is 10.9. The van der Waals surface area contributed by atoms with Gasteiger partial charge in [0.2, 0.25) is 0 Å². The Kier molecular flexibility index (Phi) is 5.88. The lowest BCUT2D eigenvalue weighted by atomic mass is 10.0. The molecule has 1 aromatic heterocycles. The van der Waals surface area contributed by atoms with E-state index in [4.69, 9.17) is 10.2 Å². The van der Waals surface area contributed by atoms with Gasteiger partial charge in [0.05, 0.1) is 0 Å². The highest BCUT2D eigenvalue weighted by atomic mass is 32.2. The highest BCUT2D eigenvalue weighted by molar-refractivity contribution is 8.13. The van der Waals surface area contributed by atoms with Crippen molar-refractivity contribution in [2.45, 2.75) is 39.9 Å². The number of aliphatic imine (C=N–C) groups is 1. The van der Waals surface area contributed by atoms with Gasteiger partial charge >= 0.3 is 5.63 Å². The summed E-state index contributed by atoms with van der Waals surface area (Å²) in [5, 5.41) is 1.53. The molecule has 0 radical (unpaired) electrons. The SMILES string of the molecule is Cc1cc2oc(=O)cc(CSC(N)=NCCC(C)C)c2cc1C. The highest BCUT2D eigenvalue weighted by Crippen LogP contribution is 2.24. The normalized spacial score (nSPS) is 12.3. The third-order valence-corrected chi connectivity index (χ3v) is 4.67. The molecule has 2 aromatic rings. The van der Waals surface area contributed by atoms with Gasteiger partial charge in [0, 0.05) is 23.8 Å². The first kappa shape index (κ1) is 17.6. The fourth-order valence-electron chi connectivity index (χ4n) is 2.23. The second-order valence-electron chi connectivity index (χ2n) is 6.21. The van der Waals surface area contributed by atoms with E-state index in [-0.39, 0.29) is 5.63 Å². The second kappa shape index (κ2) is 7.68. The summed E-state index contributed by atoms with van der Waals surface area (Å²) in [4.78, 5) is 16.1. The van der Waals surface area contributed by atoms with Gasteiger partial charge in [-0.2, -0.15) is 0 Å². The summed E-state index contributed by atoms with van der Waals surface area (Å²) in [6, 6.07) is 5.53. The second-order valence-corrected chi connectivity index (χ2v) is 7.21. The fraction of sp³-hybridized carbons (Fsp3) is 0.444. The predicted octanol–water partition coefficient (Wildman–Crippen LogP) is 4.00. The van der Waals surface area contributed by atoms with Gasteiger partial charge < -0.3 is 10.2 Å². The third-order valence-electron chi connectivity index (χ3n) is 3.79. The summed E-state index contributed by atoms with van der Waals surface area (Å²) in [5.41, 5.74) is 9.48. The van der Waals surface area contributed by atoms with Crippen molar-refractivity contribution in [3.05, 3.63) is 45.3 Å². The van der Waals surface area contributed by atoms with Gasteiger partial charge in [-0.15, -0.1) is 0 Å². The largest absolute Gasteiger partial charge is 0.423 e. The van der Waals surface area contributed by atoms with Gasteiger partial charge in [-0.1, -0.05) is 25.6 Å². The van der Waals surface area contributed by atoms with Crippen LogP contribution in [0.15, 0.2) is 32.4 Å². The van der Waals surface area contributed by atoms with E-state index in [1.807, 2.05) is 13.0 Å². The molecule has 0 aliphatic carbocycles. The third kappa shape index (κ3) is 4.86. The number of nitrogens with two attached hydrogens (primary N) is 1. The van der Waals surface area contributed by atoms with Crippen molar-refractivity contribution in [1.29, 1.82) is 0 Å². The lowest BCUT2D eigenvalue weighted by Gasteiger charge is -2.08. The van der Waals surface area contributed by atoms with Crippen LogP contribution in [0, 0.1) is 19.8 Å². The Bertz CT molecular complexity index is 778. The minimum atomic E-state index is -0.327. The molecule has 0 aliphatic rings. The van der Waals surface area contributed by atoms with Crippen molar-refractivity contribution >= 4 is 27.9 Å². The van der Waals surface area contributed by atoms with E-state index in [0.717, 1.165) is 29.5 Å². The van der Waals surface area contributed by atoms with Crippen LogP contribution in [-0.4, -0.2) is 11.7 Å². The molecule has 0 spiro atoms. The maximum absolute atomic E-state index is 11.8. The first-order valence-corrected chi connectivity index (χ1v) is 8.82. The molecule has 0 bridgehead atoms. The number of hydrogen-bond donors (Lipinski definition) is 1. The molecule has 1 heterocycles. The average Bonchev–Trinajstić information content (AvgIpc) is 2.46. The van der Waals surface area contributed by atoms with Crippen LogP contribution in [0.1, 0.15) is 37.0 Å². The molecule has 124 valence electrons. The molecule has 2 N–H and O–H groups in total. The molecule has 0 aliphatic heterocycles. The maximum Gasteiger partial charge on any atom is 0.336 e. The van der Waals surface area contributed by atoms with Crippen molar-refractivity contribution in [2.75, 3.05) is 6.54 Å². The van der Waals surface area contributed by atoms with Crippen LogP contribution in [0.3, 0.4) is 0 Å². The number of nitrogens with zero attached hydrogens (tertiary/aromatic N) is 1. The number of amidine groups is 1. The molecule has 1 aromatic carbocycles. The molecule has 0 saturated heterocycles. The lowest BCUT2D eigenvalue weighted by molar-refractivity contribution is 0.559. The van der Waals surface area contributed by atoms with Crippen molar-refractivity contribution in [1.82, 2.24) is 0 Å². The monoisotopic (exact) mass is 332 g/mol. The molecule has 5 heteroatoms. The molecule has 0 fully saturated rings. The molecule has 0 atom stereocenters. The van der Waals surface area contributed by atoms with E-state index in [1.54, 1.807) is 6.07 Å². The summed E-state index contributed by atoms with van der Waals surface area (Å²) in [5.74, 6) is 1.23. The van der Waals surface area contributed by atoms with Crippen molar-refractivity contribution in [3.63, 3.8) is 0 Å². The number of benzene rings is 1. The zero-order valence-electron chi connectivity index (χ0n) is 14.2.